The first-order valence-electron chi connectivity index (χ1n) is 19.5. The van der Waals surface area contributed by atoms with Gasteiger partial charge in [-0.1, -0.05) is 106 Å². The second kappa shape index (κ2) is 16.4. The lowest BCUT2D eigenvalue weighted by atomic mass is 9.67. The summed E-state index contributed by atoms with van der Waals surface area (Å²) in [6, 6.07) is 27.6. The van der Waals surface area contributed by atoms with Gasteiger partial charge in [-0.05, 0) is 120 Å². The number of hydrogen-bond acceptors (Lipinski definition) is 5. The average Bonchev–Trinajstić information content (AvgIpc) is 3.16. The Kier molecular flexibility index (Phi) is 11.6. The molecule has 6 nitrogen and oxygen atoms in total. The number of carbonyl (C=O) groups is 2. The van der Waals surface area contributed by atoms with Gasteiger partial charge in [-0.2, -0.15) is 0 Å². The Morgan fingerprint density at radius 1 is 0.907 bits per heavy atom. The molecule has 284 valence electrons. The van der Waals surface area contributed by atoms with E-state index in [1.807, 2.05) is 36.4 Å². The third kappa shape index (κ3) is 8.02. The molecule has 7 atom stereocenters. The van der Waals surface area contributed by atoms with Crippen LogP contribution in [0.5, 0.6) is 11.5 Å². The van der Waals surface area contributed by atoms with Gasteiger partial charge in [-0.25, -0.2) is 0 Å². The molecule has 1 unspecified atom stereocenters. The Bertz CT molecular complexity index is 1960. The van der Waals surface area contributed by atoms with E-state index < -0.39 is 6.10 Å². The van der Waals surface area contributed by atoms with Crippen LogP contribution in [0.3, 0.4) is 0 Å². The number of hydrogen-bond donors (Lipinski definition) is 0. The van der Waals surface area contributed by atoms with Gasteiger partial charge in [0.05, 0.1) is 21.7 Å². The van der Waals surface area contributed by atoms with E-state index in [1.54, 1.807) is 24.1 Å². The highest BCUT2D eigenvalue weighted by atomic mass is 35.5. The van der Waals surface area contributed by atoms with Gasteiger partial charge in [0, 0.05) is 12.6 Å². The topological polar surface area (TPSA) is 65.1 Å². The van der Waals surface area contributed by atoms with Crippen LogP contribution in [0.1, 0.15) is 93.2 Å². The summed E-state index contributed by atoms with van der Waals surface area (Å²) in [5.74, 6) is 2.44. The summed E-state index contributed by atoms with van der Waals surface area (Å²) in [5.41, 5.74) is 5.86. The number of nitrogens with zero attached hydrogens (tertiary/aromatic N) is 1. The van der Waals surface area contributed by atoms with Crippen LogP contribution >= 0.6 is 23.2 Å². The van der Waals surface area contributed by atoms with Crippen molar-refractivity contribution in [3.05, 3.63) is 123 Å². The van der Waals surface area contributed by atoms with Gasteiger partial charge in [0.1, 0.15) is 24.2 Å². The molecular weight excluding hydrogens is 717 g/mol. The van der Waals surface area contributed by atoms with E-state index in [-0.39, 0.29) is 35.7 Å². The van der Waals surface area contributed by atoms with E-state index in [9.17, 15) is 9.59 Å². The highest BCUT2D eigenvalue weighted by Gasteiger charge is 2.43. The summed E-state index contributed by atoms with van der Waals surface area (Å²) in [6.07, 6.45) is 4.56. The zero-order valence-corrected chi connectivity index (χ0v) is 33.4. The lowest BCUT2D eigenvalue weighted by molar-refractivity contribution is -0.163. The van der Waals surface area contributed by atoms with Gasteiger partial charge in [0.2, 0.25) is 6.10 Å². The maximum absolute atomic E-state index is 14.5. The summed E-state index contributed by atoms with van der Waals surface area (Å²) in [5, 5.41) is 0.981. The van der Waals surface area contributed by atoms with Crippen molar-refractivity contribution in [2.24, 2.45) is 29.6 Å². The van der Waals surface area contributed by atoms with Crippen LogP contribution in [0.2, 0.25) is 10.0 Å². The largest absolute Gasteiger partial charge is 0.489 e. The second-order valence-electron chi connectivity index (χ2n) is 16.0. The van der Waals surface area contributed by atoms with Crippen molar-refractivity contribution in [1.29, 1.82) is 0 Å². The molecule has 4 aromatic carbocycles. The summed E-state index contributed by atoms with van der Waals surface area (Å²) in [7, 11) is 1.80. The standard InChI is InChI=1S/C46H51Cl2NO5/c1-6-35(30-10-8-7-9-11-30)37-22-33-25-43-41(24-32(33)23-38(37)46(51)54-42-20-28(4)12-18-36(42)27(2)3)49(5)45(50)44(53-43)31-14-16-34(17-15-31)52-26-29-13-19-39(47)40(48)21-29/h7-11,13-17,19,21,24-25,27-28,35-38,42,44H,6,12,18,20,22-23,26H2,1-5H3/t28-,35-,36+,37?,38-,42-,44-/m1/s1. The molecule has 54 heavy (non-hydrogen) atoms. The van der Waals surface area contributed by atoms with Crippen LogP contribution in [0, 0.1) is 29.6 Å². The summed E-state index contributed by atoms with van der Waals surface area (Å²) in [6.45, 7) is 9.33. The normalized spacial score (nSPS) is 24.3. The number of carbonyl (C=O) groups excluding carboxylic acids is 2. The molecular formula is C46H51Cl2NO5. The molecule has 4 aromatic rings. The van der Waals surface area contributed by atoms with Crippen molar-refractivity contribution >= 4 is 40.8 Å². The third-order valence-corrected chi connectivity index (χ3v) is 12.9. The molecule has 1 fully saturated rings. The van der Waals surface area contributed by atoms with Gasteiger partial charge >= 0.3 is 5.97 Å². The number of esters is 1. The Labute approximate surface area is 330 Å². The first-order valence-corrected chi connectivity index (χ1v) is 20.3. The summed E-state index contributed by atoms with van der Waals surface area (Å²) in [4.78, 5) is 30.0. The van der Waals surface area contributed by atoms with E-state index in [0.29, 0.717) is 52.3 Å². The Morgan fingerprint density at radius 2 is 1.65 bits per heavy atom. The van der Waals surface area contributed by atoms with E-state index in [4.69, 9.17) is 37.4 Å². The maximum Gasteiger partial charge on any atom is 0.309 e. The number of anilines is 1. The van der Waals surface area contributed by atoms with Gasteiger partial charge in [-0.15, -0.1) is 0 Å². The lowest BCUT2D eigenvalue weighted by Gasteiger charge is -2.41. The number of fused-ring (bicyclic) bond motifs is 2. The number of rotatable bonds is 10. The van der Waals surface area contributed by atoms with Crippen molar-refractivity contribution in [3.63, 3.8) is 0 Å². The van der Waals surface area contributed by atoms with E-state index in [1.165, 1.54) is 12.0 Å². The Hall–Kier alpha value is -4.00. The van der Waals surface area contributed by atoms with Gasteiger partial charge in [0.15, 0.2) is 0 Å². The maximum atomic E-state index is 14.5. The number of likely N-dealkylation sites (N-methyl/N-ethyl adjacent to an activating group) is 1. The van der Waals surface area contributed by atoms with E-state index in [0.717, 1.165) is 53.6 Å². The minimum Gasteiger partial charge on any atom is -0.489 e. The molecule has 0 radical (unpaired) electrons. The lowest BCUT2D eigenvalue weighted by Crippen LogP contribution is -2.42. The van der Waals surface area contributed by atoms with Gasteiger partial charge in [-0.3, -0.25) is 9.59 Å². The van der Waals surface area contributed by atoms with E-state index in [2.05, 4.69) is 64.1 Å². The molecule has 0 saturated heterocycles. The predicted octanol–water partition coefficient (Wildman–Crippen LogP) is 11.2. The van der Waals surface area contributed by atoms with Crippen LogP contribution in [0.4, 0.5) is 5.69 Å². The van der Waals surface area contributed by atoms with Crippen LogP contribution in [-0.4, -0.2) is 25.0 Å². The molecule has 1 heterocycles. The zero-order chi connectivity index (χ0) is 38.1. The monoisotopic (exact) mass is 767 g/mol. The number of ether oxygens (including phenoxy) is 3. The molecule has 1 saturated carbocycles. The molecule has 7 rings (SSSR count). The highest BCUT2D eigenvalue weighted by Crippen LogP contribution is 2.47. The fourth-order valence-corrected chi connectivity index (χ4v) is 9.37. The van der Waals surface area contributed by atoms with Crippen LogP contribution in [-0.2, 0) is 33.8 Å². The quantitative estimate of drug-likeness (QED) is 0.150. The smallest absolute Gasteiger partial charge is 0.309 e. The van der Waals surface area contributed by atoms with Crippen molar-refractivity contribution in [2.45, 2.75) is 91.0 Å². The van der Waals surface area contributed by atoms with Crippen LogP contribution < -0.4 is 14.4 Å². The number of benzene rings is 4. The summed E-state index contributed by atoms with van der Waals surface area (Å²) >= 11 is 12.2. The first-order chi connectivity index (χ1) is 26.0. The second-order valence-corrected chi connectivity index (χ2v) is 16.8. The molecule has 0 N–H and O–H groups in total. The van der Waals surface area contributed by atoms with Crippen molar-refractivity contribution in [3.8, 4) is 11.5 Å². The van der Waals surface area contributed by atoms with Crippen LogP contribution in [0.25, 0.3) is 0 Å². The third-order valence-electron chi connectivity index (χ3n) is 12.1. The Balaban J connectivity index is 1.14. The first kappa shape index (κ1) is 38.3. The van der Waals surface area contributed by atoms with Crippen molar-refractivity contribution < 1.29 is 23.8 Å². The fraction of sp³-hybridized carbons (Fsp3) is 0.435. The zero-order valence-electron chi connectivity index (χ0n) is 31.9. The highest BCUT2D eigenvalue weighted by molar-refractivity contribution is 6.42. The fourth-order valence-electron chi connectivity index (χ4n) is 9.05. The average molecular weight is 769 g/mol. The molecule has 8 heteroatoms. The molecule has 1 aliphatic heterocycles. The number of amides is 1. The Morgan fingerprint density at radius 3 is 2.35 bits per heavy atom. The minimum absolute atomic E-state index is 0.0547. The SMILES string of the molecule is CC[C@H](c1ccccc1)C1Cc2cc3c(cc2C[C@H]1C(=O)O[C@@H]1C[C@H](C)CC[C@H]1C(C)C)N(C)C(=O)[C@@H](c1ccc(OCc2ccc(Cl)c(Cl)c2)cc1)O3. The minimum atomic E-state index is -0.800. The molecule has 0 spiro atoms. The summed E-state index contributed by atoms with van der Waals surface area (Å²) < 4.78 is 19.1. The predicted molar refractivity (Wildman–Crippen MR) is 216 cm³/mol. The van der Waals surface area contributed by atoms with E-state index >= 15 is 0 Å². The molecule has 0 aromatic heterocycles. The van der Waals surface area contributed by atoms with Gasteiger partial charge < -0.3 is 19.1 Å². The number of halogens is 2. The molecule has 0 bridgehead atoms. The molecule has 3 aliphatic rings. The molecule has 1 amide bonds. The van der Waals surface area contributed by atoms with Crippen molar-refractivity contribution in [2.75, 3.05) is 11.9 Å². The van der Waals surface area contributed by atoms with Crippen molar-refractivity contribution in [1.82, 2.24) is 0 Å². The van der Waals surface area contributed by atoms with Crippen LogP contribution in [0.15, 0.2) is 84.9 Å². The van der Waals surface area contributed by atoms with Gasteiger partial charge in [0.25, 0.3) is 5.91 Å². The molecule has 2 aliphatic carbocycles.